The Kier molecular flexibility index (Phi) is 7.95. The van der Waals surface area contributed by atoms with Gasteiger partial charge in [0.05, 0.1) is 23.9 Å². The average molecular weight is 417 g/mol. The van der Waals surface area contributed by atoms with Crippen LogP contribution in [0.5, 0.6) is 11.5 Å². The van der Waals surface area contributed by atoms with E-state index in [-0.39, 0.29) is 29.0 Å². The van der Waals surface area contributed by atoms with E-state index in [1.807, 2.05) is 0 Å². The zero-order valence-corrected chi connectivity index (χ0v) is 16.1. The van der Waals surface area contributed by atoms with Gasteiger partial charge in [0.15, 0.2) is 11.5 Å². The molecule has 0 aliphatic rings. The Morgan fingerprint density at radius 1 is 1.21 bits per heavy atom. The lowest BCUT2D eigenvalue weighted by molar-refractivity contribution is -0.117. The molecule has 0 spiro atoms. The summed E-state index contributed by atoms with van der Waals surface area (Å²) < 4.78 is 47.8. The number of nitrogens with zero attached hydrogens (tertiary/aromatic N) is 1. The molecule has 0 aromatic heterocycles. The van der Waals surface area contributed by atoms with Gasteiger partial charge in [0.2, 0.25) is 5.91 Å². The Hall–Kier alpha value is -2.45. The van der Waals surface area contributed by atoms with Crippen LogP contribution in [0.1, 0.15) is 12.5 Å². The maximum atomic E-state index is 13.1. The van der Waals surface area contributed by atoms with Crippen molar-refractivity contribution in [3.05, 3.63) is 52.8 Å². The van der Waals surface area contributed by atoms with Gasteiger partial charge in [-0.15, -0.1) is 0 Å². The van der Waals surface area contributed by atoms with Crippen molar-refractivity contribution in [1.82, 2.24) is 4.90 Å². The van der Waals surface area contributed by atoms with Gasteiger partial charge >= 0.3 is 6.61 Å². The molecule has 0 aliphatic carbocycles. The molecule has 0 saturated heterocycles. The van der Waals surface area contributed by atoms with Crippen LogP contribution in [-0.2, 0) is 11.3 Å². The van der Waals surface area contributed by atoms with Crippen LogP contribution in [0.3, 0.4) is 0 Å². The van der Waals surface area contributed by atoms with Crippen molar-refractivity contribution in [2.45, 2.75) is 20.1 Å². The first kappa shape index (κ1) is 21.8. The van der Waals surface area contributed by atoms with Crippen molar-refractivity contribution < 1.29 is 27.4 Å². The van der Waals surface area contributed by atoms with E-state index in [0.717, 1.165) is 11.6 Å². The molecule has 9 heteroatoms. The smallest absolute Gasteiger partial charge is 0.387 e. The zero-order chi connectivity index (χ0) is 20.7. The molecular formula is C19H20ClF3N2O3. The highest BCUT2D eigenvalue weighted by Crippen LogP contribution is 2.30. The minimum absolute atomic E-state index is 0.0347. The maximum absolute atomic E-state index is 13.1. The normalized spacial score (nSPS) is 11.0. The number of rotatable bonds is 9. The SMILES string of the molecule is CCOc1cc(CN(C)CC(=O)Nc2ccc(F)cc2Cl)ccc1OC(F)F. The lowest BCUT2D eigenvalue weighted by atomic mass is 10.2. The molecule has 28 heavy (non-hydrogen) atoms. The van der Waals surface area contributed by atoms with Gasteiger partial charge in [0.25, 0.3) is 0 Å². The number of hydrogen-bond donors (Lipinski definition) is 1. The van der Waals surface area contributed by atoms with E-state index >= 15 is 0 Å². The molecule has 1 amide bonds. The maximum Gasteiger partial charge on any atom is 0.387 e. The molecule has 0 radical (unpaired) electrons. The van der Waals surface area contributed by atoms with Gasteiger partial charge in [-0.05, 0) is 49.9 Å². The first-order valence-electron chi connectivity index (χ1n) is 8.42. The summed E-state index contributed by atoms with van der Waals surface area (Å²) in [4.78, 5) is 13.9. The molecule has 0 fully saturated rings. The lowest BCUT2D eigenvalue weighted by Gasteiger charge is -2.18. The Bertz CT molecular complexity index is 821. The van der Waals surface area contributed by atoms with Gasteiger partial charge in [0, 0.05) is 6.54 Å². The van der Waals surface area contributed by atoms with Crippen LogP contribution in [0.15, 0.2) is 36.4 Å². The lowest BCUT2D eigenvalue weighted by Crippen LogP contribution is -2.30. The monoisotopic (exact) mass is 416 g/mol. The van der Waals surface area contributed by atoms with Crippen LogP contribution in [-0.4, -0.2) is 37.6 Å². The number of amides is 1. The highest BCUT2D eigenvalue weighted by atomic mass is 35.5. The van der Waals surface area contributed by atoms with Gasteiger partial charge in [-0.2, -0.15) is 8.78 Å². The van der Waals surface area contributed by atoms with Gasteiger partial charge in [-0.3, -0.25) is 9.69 Å². The van der Waals surface area contributed by atoms with Crippen LogP contribution in [0, 0.1) is 5.82 Å². The fourth-order valence-electron chi connectivity index (χ4n) is 2.51. The second-order valence-electron chi connectivity index (χ2n) is 5.94. The highest BCUT2D eigenvalue weighted by molar-refractivity contribution is 6.33. The molecule has 0 bridgehead atoms. The molecule has 5 nitrogen and oxygen atoms in total. The predicted octanol–water partition coefficient (Wildman–Crippen LogP) is 4.55. The van der Waals surface area contributed by atoms with E-state index in [2.05, 4.69) is 10.1 Å². The summed E-state index contributed by atoms with van der Waals surface area (Å²) in [5, 5.41) is 2.71. The molecule has 0 saturated carbocycles. The Morgan fingerprint density at radius 3 is 2.61 bits per heavy atom. The van der Waals surface area contributed by atoms with E-state index in [4.69, 9.17) is 16.3 Å². The van der Waals surface area contributed by atoms with Crippen LogP contribution in [0.2, 0.25) is 5.02 Å². The van der Waals surface area contributed by atoms with Crippen molar-refractivity contribution in [3.63, 3.8) is 0 Å². The second-order valence-corrected chi connectivity index (χ2v) is 6.34. The quantitative estimate of drug-likeness (QED) is 0.651. The van der Waals surface area contributed by atoms with Gasteiger partial charge in [0.1, 0.15) is 5.82 Å². The number of benzene rings is 2. The third-order valence-corrected chi connectivity index (χ3v) is 3.91. The number of ether oxygens (including phenoxy) is 2. The molecule has 0 unspecified atom stereocenters. The van der Waals surface area contributed by atoms with E-state index in [0.29, 0.717) is 18.8 Å². The number of hydrogen-bond acceptors (Lipinski definition) is 4. The summed E-state index contributed by atoms with van der Waals surface area (Å²) in [5.74, 6) is -0.675. The number of likely N-dealkylation sites (N-methyl/N-ethyl adjacent to an activating group) is 1. The van der Waals surface area contributed by atoms with Crippen molar-refractivity contribution in [2.75, 3.05) is 25.5 Å². The third-order valence-electron chi connectivity index (χ3n) is 3.60. The minimum atomic E-state index is -2.95. The standard InChI is InChI=1S/C19H20ClF3N2O3/c1-3-27-17-8-12(4-7-16(17)28-19(22)23)10-25(2)11-18(26)24-15-6-5-13(21)9-14(15)20/h4-9,19H,3,10-11H2,1-2H3,(H,24,26). The largest absolute Gasteiger partial charge is 0.490 e. The third kappa shape index (κ3) is 6.61. The minimum Gasteiger partial charge on any atom is -0.490 e. The molecule has 0 heterocycles. The molecular weight excluding hydrogens is 397 g/mol. The number of anilines is 1. The Balaban J connectivity index is 1.98. The van der Waals surface area contributed by atoms with Crippen molar-refractivity contribution in [2.24, 2.45) is 0 Å². The highest BCUT2D eigenvalue weighted by Gasteiger charge is 2.14. The van der Waals surface area contributed by atoms with Crippen molar-refractivity contribution in [3.8, 4) is 11.5 Å². The van der Waals surface area contributed by atoms with E-state index in [1.54, 1.807) is 31.0 Å². The van der Waals surface area contributed by atoms with Crippen molar-refractivity contribution >= 4 is 23.2 Å². The number of carbonyl (C=O) groups excluding carboxylic acids is 1. The van der Waals surface area contributed by atoms with E-state index in [1.165, 1.54) is 18.2 Å². The molecule has 0 atom stereocenters. The topological polar surface area (TPSA) is 50.8 Å². The second kappa shape index (κ2) is 10.2. The summed E-state index contributed by atoms with van der Waals surface area (Å²) in [6.07, 6.45) is 0. The number of nitrogens with one attached hydrogen (secondary N) is 1. The average Bonchev–Trinajstić information content (AvgIpc) is 2.59. The number of alkyl halides is 2. The van der Waals surface area contributed by atoms with Crippen LogP contribution < -0.4 is 14.8 Å². The molecule has 2 rings (SSSR count). The first-order chi connectivity index (χ1) is 13.3. The molecule has 2 aromatic carbocycles. The van der Waals surface area contributed by atoms with Crippen LogP contribution in [0.25, 0.3) is 0 Å². The van der Waals surface area contributed by atoms with Crippen LogP contribution >= 0.6 is 11.6 Å². The van der Waals surface area contributed by atoms with Gasteiger partial charge in [-0.25, -0.2) is 4.39 Å². The fraction of sp³-hybridized carbons (Fsp3) is 0.316. The molecule has 2 aromatic rings. The summed E-state index contributed by atoms with van der Waals surface area (Å²) in [7, 11) is 1.72. The van der Waals surface area contributed by atoms with E-state index < -0.39 is 12.4 Å². The zero-order valence-electron chi connectivity index (χ0n) is 15.3. The molecule has 152 valence electrons. The summed E-state index contributed by atoms with van der Waals surface area (Å²) in [6, 6.07) is 8.30. The Morgan fingerprint density at radius 2 is 1.96 bits per heavy atom. The Labute approximate surface area is 166 Å². The molecule has 0 aliphatic heterocycles. The van der Waals surface area contributed by atoms with Gasteiger partial charge in [-0.1, -0.05) is 17.7 Å². The van der Waals surface area contributed by atoms with Crippen molar-refractivity contribution in [1.29, 1.82) is 0 Å². The summed E-state index contributed by atoms with van der Waals surface area (Å²) in [6.45, 7) is -0.531. The summed E-state index contributed by atoms with van der Waals surface area (Å²) in [5.41, 5.74) is 1.06. The molecule has 1 N–H and O–H groups in total. The predicted molar refractivity (Wildman–Crippen MR) is 101 cm³/mol. The fourth-order valence-corrected chi connectivity index (χ4v) is 2.72. The van der Waals surface area contributed by atoms with Gasteiger partial charge < -0.3 is 14.8 Å². The van der Waals surface area contributed by atoms with Crippen LogP contribution in [0.4, 0.5) is 18.9 Å². The first-order valence-corrected chi connectivity index (χ1v) is 8.80. The summed E-state index contributed by atoms with van der Waals surface area (Å²) >= 11 is 5.89. The number of carbonyl (C=O) groups is 1. The van der Waals surface area contributed by atoms with E-state index in [9.17, 15) is 18.0 Å². The number of halogens is 4.